The van der Waals surface area contributed by atoms with Crippen LogP contribution >= 0.6 is 0 Å². The van der Waals surface area contributed by atoms with Crippen molar-refractivity contribution in [3.8, 4) is 11.1 Å². The molecule has 1 aromatic heterocycles. The first kappa shape index (κ1) is 24.0. The van der Waals surface area contributed by atoms with Gasteiger partial charge in [-0.05, 0) is 29.2 Å². The lowest BCUT2D eigenvalue weighted by Gasteiger charge is -2.23. The number of benzene rings is 2. The number of nitrogens with one attached hydrogen (secondary N) is 2. The van der Waals surface area contributed by atoms with E-state index in [0.717, 1.165) is 22.3 Å². The number of hydrogen-bond donors (Lipinski definition) is 4. The van der Waals surface area contributed by atoms with Crippen molar-refractivity contribution in [3.05, 3.63) is 77.1 Å². The Bertz CT molecular complexity index is 1240. The van der Waals surface area contributed by atoms with Crippen molar-refractivity contribution in [3.63, 3.8) is 0 Å². The Kier molecular flexibility index (Phi) is 6.57. The van der Waals surface area contributed by atoms with E-state index in [-0.39, 0.29) is 24.6 Å². The zero-order valence-corrected chi connectivity index (χ0v) is 19.3. The molecule has 1 aliphatic carbocycles. The number of fused-ring (bicyclic) bond motifs is 3. The second-order valence-corrected chi connectivity index (χ2v) is 8.56. The Morgan fingerprint density at radius 1 is 1.09 bits per heavy atom. The highest BCUT2D eigenvalue weighted by atomic mass is 16.5. The van der Waals surface area contributed by atoms with Crippen LogP contribution in [0.1, 0.15) is 40.0 Å². The summed E-state index contributed by atoms with van der Waals surface area (Å²) >= 11 is 0. The number of carboxylic acids is 1. The lowest BCUT2D eigenvalue weighted by molar-refractivity contribution is -0.145. The second-order valence-electron chi connectivity index (χ2n) is 8.56. The van der Waals surface area contributed by atoms with Crippen molar-refractivity contribution in [2.75, 3.05) is 13.2 Å². The van der Waals surface area contributed by atoms with Crippen molar-refractivity contribution < 1.29 is 29.3 Å². The van der Waals surface area contributed by atoms with Crippen LogP contribution < -0.4 is 10.6 Å². The normalized spacial score (nSPS) is 13.9. The molecule has 0 saturated carbocycles. The van der Waals surface area contributed by atoms with Crippen LogP contribution in [0.25, 0.3) is 11.1 Å². The van der Waals surface area contributed by atoms with Gasteiger partial charge in [-0.1, -0.05) is 48.5 Å². The Labute approximate surface area is 201 Å². The molecule has 0 saturated heterocycles. The third-order valence-corrected chi connectivity index (χ3v) is 6.23. The van der Waals surface area contributed by atoms with Crippen molar-refractivity contribution in [2.45, 2.75) is 24.9 Å². The number of rotatable bonds is 8. The molecule has 3 aromatic rings. The molecule has 0 bridgehead atoms. The van der Waals surface area contributed by atoms with Gasteiger partial charge in [0.1, 0.15) is 6.61 Å². The van der Waals surface area contributed by atoms with Crippen LogP contribution in [-0.4, -0.2) is 56.7 Å². The van der Waals surface area contributed by atoms with Crippen LogP contribution in [0.4, 0.5) is 4.79 Å². The molecular weight excluding hydrogens is 452 g/mol. The van der Waals surface area contributed by atoms with Gasteiger partial charge in [0.2, 0.25) is 0 Å². The molecule has 1 unspecified atom stereocenters. The number of hydrogen-bond acceptors (Lipinski definition) is 6. The van der Waals surface area contributed by atoms with E-state index in [1.165, 1.54) is 17.8 Å². The zero-order chi connectivity index (χ0) is 25.2. The van der Waals surface area contributed by atoms with E-state index in [4.69, 9.17) is 4.74 Å². The SMILES string of the molecule is Cn1ncc(C(=O)NC(C)(CO)C(=O)O)c1CNC(=O)OCC1c2ccccc2-c2ccccc21. The van der Waals surface area contributed by atoms with Gasteiger partial charge in [0.15, 0.2) is 5.54 Å². The molecular formula is C25H26N4O6. The molecule has 182 valence electrons. The Hall–Kier alpha value is -4.18. The number of amides is 2. The number of alkyl carbamates (subject to hydrolysis) is 1. The van der Waals surface area contributed by atoms with Gasteiger partial charge in [-0.15, -0.1) is 0 Å². The molecule has 1 aliphatic rings. The van der Waals surface area contributed by atoms with Crippen molar-refractivity contribution in [1.29, 1.82) is 0 Å². The molecule has 2 aromatic carbocycles. The maximum absolute atomic E-state index is 12.7. The first-order valence-corrected chi connectivity index (χ1v) is 11.0. The van der Waals surface area contributed by atoms with E-state index in [2.05, 4.69) is 27.9 Å². The van der Waals surface area contributed by atoms with Crippen LogP contribution in [0.5, 0.6) is 0 Å². The average molecular weight is 479 g/mol. The summed E-state index contributed by atoms with van der Waals surface area (Å²) in [5.74, 6) is -2.20. The number of aliphatic hydroxyl groups excluding tert-OH is 1. The van der Waals surface area contributed by atoms with Crippen LogP contribution in [0.3, 0.4) is 0 Å². The number of carboxylic acid groups (broad SMARTS) is 1. The molecule has 4 N–H and O–H groups in total. The fraction of sp³-hybridized carbons (Fsp3) is 0.280. The molecule has 0 radical (unpaired) electrons. The minimum Gasteiger partial charge on any atom is -0.479 e. The van der Waals surface area contributed by atoms with Crippen LogP contribution in [0.2, 0.25) is 0 Å². The number of aliphatic carboxylic acids is 1. The summed E-state index contributed by atoms with van der Waals surface area (Å²) in [7, 11) is 1.59. The minimum absolute atomic E-state index is 0.0706. The van der Waals surface area contributed by atoms with E-state index >= 15 is 0 Å². The van der Waals surface area contributed by atoms with E-state index in [1.54, 1.807) is 7.05 Å². The maximum Gasteiger partial charge on any atom is 0.407 e. The summed E-state index contributed by atoms with van der Waals surface area (Å²) in [5, 5.41) is 27.6. The molecule has 0 fully saturated rings. The summed E-state index contributed by atoms with van der Waals surface area (Å²) in [6.07, 6.45) is 0.606. The van der Waals surface area contributed by atoms with Gasteiger partial charge in [0.05, 0.1) is 30.6 Å². The van der Waals surface area contributed by atoms with Crippen molar-refractivity contribution in [2.24, 2.45) is 7.05 Å². The van der Waals surface area contributed by atoms with Gasteiger partial charge < -0.3 is 25.6 Å². The standard InChI is InChI=1S/C25H26N4O6/c1-25(14-30,23(32)33)28-22(31)19-11-27-29(2)21(19)12-26-24(34)35-13-20-17-9-5-3-7-15(17)16-8-4-6-10-18(16)20/h3-11,20,30H,12-14H2,1-2H3,(H,26,34)(H,28,31)(H,32,33). The van der Waals surface area contributed by atoms with Crippen LogP contribution in [0, 0.1) is 0 Å². The number of carbonyl (C=O) groups excluding carboxylic acids is 2. The van der Waals surface area contributed by atoms with Gasteiger partial charge >= 0.3 is 12.1 Å². The smallest absolute Gasteiger partial charge is 0.407 e. The lowest BCUT2D eigenvalue weighted by Crippen LogP contribution is -2.55. The summed E-state index contributed by atoms with van der Waals surface area (Å²) in [5.41, 5.74) is 3.01. The fourth-order valence-corrected chi connectivity index (χ4v) is 4.15. The van der Waals surface area contributed by atoms with Gasteiger partial charge in [-0.3, -0.25) is 9.48 Å². The topological polar surface area (TPSA) is 143 Å². The van der Waals surface area contributed by atoms with Gasteiger partial charge in [-0.2, -0.15) is 5.10 Å². The van der Waals surface area contributed by atoms with Crippen molar-refractivity contribution >= 4 is 18.0 Å². The first-order valence-electron chi connectivity index (χ1n) is 11.0. The van der Waals surface area contributed by atoms with E-state index in [1.807, 2.05) is 36.4 Å². The van der Waals surface area contributed by atoms with E-state index in [0.29, 0.717) is 5.69 Å². The van der Waals surface area contributed by atoms with Gasteiger partial charge in [0.25, 0.3) is 5.91 Å². The Morgan fingerprint density at radius 2 is 1.69 bits per heavy atom. The molecule has 4 rings (SSSR count). The highest BCUT2D eigenvalue weighted by molar-refractivity contribution is 5.98. The maximum atomic E-state index is 12.7. The molecule has 10 nitrogen and oxygen atoms in total. The van der Waals surface area contributed by atoms with E-state index < -0.39 is 30.1 Å². The molecule has 2 amide bonds. The molecule has 0 aliphatic heterocycles. The number of ether oxygens (including phenoxy) is 1. The summed E-state index contributed by atoms with van der Waals surface area (Å²) < 4.78 is 6.92. The quantitative estimate of drug-likeness (QED) is 0.388. The second kappa shape index (κ2) is 9.59. The predicted molar refractivity (Wildman–Crippen MR) is 126 cm³/mol. The van der Waals surface area contributed by atoms with E-state index in [9.17, 15) is 24.6 Å². The molecule has 1 atom stereocenters. The first-order chi connectivity index (χ1) is 16.7. The number of carbonyl (C=O) groups is 3. The monoisotopic (exact) mass is 478 g/mol. The summed E-state index contributed by atoms with van der Waals surface area (Å²) in [6.45, 7) is 0.477. The fourth-order valence-electron chi connectivity index (χ4n) is 4.15. The largest absolute Gasteiger partial charge is 0.479 e. The third kappa shape index (κ3) is 4.60. The number of aromatic nitrogens is 2. The summed E-state index contributed by atoms with van der Waals surface area (Å²) in [6, 6.07) is 16.0. The number of nitrogens with zero attached hydrogens (tertiary/aromatic N) is 2. The average Bonchev–Trinajstić information content (AvgIpc) is 3.38. The van der Waals surface area contributed by atoms with Crippen LogP contribution in [0.15, 0.2) is 54.7 Å². The molecule has 0 spiro atoms. The highest BCUT2D eigenvalue weighted by Gasteiger charge is 2.35. The number of aliphatic hydroxyl groups is 1. The molecule has 35 heavy (non-hydrogen) atoms. The Morgan fingerprint density at radius 3 is 2.26 bits per heavy atom. The van der Waals surface area contributed by atoms with Crippen LogP contribution in [-0.2, 0) is 23.1 Å². The zero-order valence-electron chi connectivity index (χ0n) is 19.3. The highest BCUT2D eigenvalue weighted by Crippen LogP contribution is 2.44. The minimum atomic E-state index is -1.86. The van der Waals surface area contributed by atoms with Gasteiger partial charge in [0, 0.05) is 13.0 Å². The van der Waals surface area contributed by atoms with Gasteiger partial charge in [-0.25, -0.2) is 9.59 Å². The molecule has 10 heteroatoms. The van der Waals surface area contributed by atoms with Crippen molar-refractivity contribution in [1.82, 2.24) is 20.4 Å². The number of aryl methyl sites for hydroxylation is 1. The predicted octanol–water partition coefficient (Wildman–Crippen LogP) is 2.02. The third-order valence-electron chi connectivity index (χ3n) is 6.23. The lowest BCUT2D eigenvalue weighted by atomic mass is 9.98. The Balaban J connectivity index is 1.40. The molecule has 1 heterocycles. The summed E-state index contributed by atoms with van der Waals surface area (Å²) in [4.78, 5) is 36.5.